The van der Waals surface area contributed by atoms with E-state index < -0.39 is 17.7 Å². The molecular weight excluding hydrogens is 332 g/mol. The zero-order chi connectivity index (χ0) is 19.6. The fourth-order valence-electron chi connectivity index (χ4n) is 3.72. The summed E-state index contributed by atoms with van der Waals surface area (Å²) in [6.07, 6.45) is 10.7. The highest BCUT2D eigenvalue weighted by Crippen LogP contribution is 2.34. The van der Waals surface area contributed by atoms with Gasteiger partial charge in [0.05, 0.1) is 11.7 Å². The van der Waals surface area contributed by atoms with Gasteiger partial charge in [0.15, 0.2) is 0 Å². The molecule has 2 N–H and O–H groups in total. The van der Waals surface area contributed by atoms with Gasteiger partial charge in [0.1, 0.15) is 5.78 Å². The van der Waals surface area contributed by atoms with Gasteiger partial charge < -0.3 is 20.1 Å². The van der Waals surface area contributed by atoms with Gasteiger partial charge in [-0.05, 0) is 39.0 Å². The normalized spacial score (nSPS) is 25.7. The molecule has 0 aromatic carbocycles. The van der Waals surface area contributed by atoms with Crippen LogP contribution in [-0.4, -0.2) is 33.7 Å². The second kappa shape index (κ2) is 11.5. The molecule has 0 heterocycles. The summed E-state index contributed by atoms with van der Waals surface area (Å²) < 4.78 is 0. The topological polar surface area (TPSA) is 97.7 Å². The fraction of sp³-hybridized carbons (Fsp3) is 0.810. The standard InChI is InChI=1S/C21H36O5/c1-3-4-13-21(2,26)14-9-11-17-16(18(22)15-19(17)23)10-7-5-6-8-12-20(24)25/h9,11,16-17,19,23,26H,3-8,10,12-15H2,1-2H3,(H,24,25)/p-1/b11-9+/t16-,17-,19?,21?/m1/s1. The Hall–Kier alpha value is -1.20. The van der Waals surface area contributed by atoms with Gasteiger partial charge in [0.2, 0.25) is 0 Å². The largest absolute Gasteiger partial charge is 0.550 e. The zero-order valence-electron chi connectivity index (χ0n) is 16.3. The monoisotopic (exact) mass is 367 g/mol. The highest BCUT2D eigenvalue weighted by atomic mass is 16.4. The van der Waals surface area contributed by atoms with Crippen LogP contribution in [0.2, 0.25) is 0 Å². The Morgan fingerprint density at radius 3 is 2.62 bits per heavy atom. The number of Topliss-reactive ketones (excluding diaryl/α,β-unsaturated/α-hetero) is 1. The number of carboxylic acids is 1. The summed E-state index contributed by atoms with van der Waals surface area (Å²) in [5.74, 6) is -1.24. The molecule has 0 radical (unpaired) electrons. The lowest BCUT2D eigenvalue weighted by molar-refractivity contribution is -0.305. The minimum absolute atomic E-state index is 0.0877. The minimum Gasteiger partial charge on any atom is -0.550 e. The van der Waals surface area contributed by atoms with Crippen LogP contribution >= 0.6 is 0 Å². The Kier molecular flexibility index (Phi) is 10.1. The Morgan fingerprint density at radius 2 is 1.96 bits per heavy atom. The fourth-order valence-corrected chi connectivity index (χ4v) is 3.72. The number of ketones is 1. The first-order valence-corrected chi connectivity index (χ1v) is 10.1. The number of hydrogen-bond donors (Lipinski definition) is 2. The SMILES string of the molecule is CCCCC(C)(O)C/C=C/[C@H]1C(O)CC(=O)[C@@H]1CCCCCCC(=O)[O-]. The Morgan fingerprint density at radius 1 is 1.27 bits per heavy atom. The quantitative estimate of drug-likeness (QED) is 0.385. The molecule has 1 aliphatic carbocycles. The molecule has 4 atom stereocenters. The van der Waals surface area contributed by atoms with Crippen LogP contribution in [-0.2, 0) is 9.59 Å². The summed E-state index contributed by atoms with van der Waals surface area (Å²) in [6.45, 7) is 3.92. The van der Waals surface area contributed by atoms with E-state index in [-0.39, 0.29) is 30.5 Å². The van der Waals surface area contributed by atoms with Gasteiger partial charge >= 0.3 is 0 Å². The summed E-state index contributed by atoms with van der Waals surface area (Å²) in [5, 5.41) is 30.9. The molecule has 0 aromatic heterocycles. The first-order valence-electron chi connectivity index (χ1n) is 10.1. The van der Waals surface area contributed by atoms with E-state index >= 15 is 0 Å². The van der Waals surface area contributed by atoms with Gasteiger partial charge in [-0.1, -0.05) is 51.2 Å². The van der Waals surface area contributed by atoms with Gasteiger partial charge in [-0.15, -0.1) is 0 Å². The average molecular weight is 368 g/mol. The number of aliphatic carboxylic acids is 1. The maximum atomic E-state index is 12.2. The summed E-state index contributed by atoms with van der Waals surface area (Å²) >= 11 is 0. The van der Waals surface area contributed by atoms with Crippen molar-refractivity contribution in [2.75, 3.05) is 0 Å². The van der Waals surface area contributed by atoms with E-state index in [2.05, 4.69) is 6.92 Å². The third-order valence-corrected chi connectivity index (χ3v) is 5.36. The summed E-state index contributed by atoms with van der Waals surface area (Å²) in [6, 6.07) is 0. The van der Waals surface area contributed by atoms with E-state index in [0.29, 0.717) is 12.8 Å². The Labute approximate surface area is 157 Å². The van der Waals surface area contributed by atoms with E-state index in [1.165, 1.54) is 0 Å². The van der Waals surface area contributed by atoms with Crippen LogP contribution in [0.5, 0.6) is 0 Å². The Balaban J connectivity index is 2.44. The first-order chi connectivity index (χ1) is 12.3. The number of carbonyl (C=O) groups is 2. The van der Waals surface area contributed by atoms with Crippen LogP contribution in [0.15, 0.2) is 12.2 Å². The number of hydrogen-bond acceptors (Lipinski definition) is 5. The Bertz CT molecular complexity index is 469. The van der Waals surface area contributed by atoms with Gasteiger partial charge in [-0.25, -0.2) is 0 Å². The number of rotatable bonds is 13. The van der Waals surface area contributed by atoms with Crippen LogP contribution in [0.25, 0.3) is 0 Å². The predicted molar refractivity (Wildman–Crippen MR) is 99.2 cm³/mol. The van der Waals surface area contributed by atoms with E-state index in [1.807, 2.05) is 19.1 Å². The highest BCUT2D eigenvalue weighted by molar-refractivity contribution is 5.84. The van der Waals surface area contributed by atoms with Gasteiger partial charge in [0.25, 0.3) is 0 Å². The third kappa shape index (κ3) is 8.45. The second-order valence-corrected chi connectivity index (χ2v) is 7.98. The maximum absolute atomic E-state index is 12.2. The molecule has 1 fully saturated rings. The molecule has 1 rings (SSSR count). The van der Waals surface area contributed by atoms with Crippen molar-refractivity contribution in [2.24, 2.45) is 11.8 Å². The number of aliphatic hydroxyl groups excluding tert-OH is 1. The first kappa shape index (κ1) is 22.8. The second-order valence-electron chi connectivity index (χ2n) is 7.98. The summed E-state index contributed by atoms with van der Waals surface area (Å²) in [4.78, 5) is 22.6. The van der Waals surface area contributed by atoms with Crippen molar-refractivity contribution >= 4 is 11.8 Å². The minimum atomic E-state index is -1.01. The molecule has 0 amide bonds. The molecule has 0 aliphatic heterocycles. The van der Waals surface area contributed by atoms with E-state index in [9.17, 15) is 24.9 Å². The number of aliphatic hydroxyl groups is 2. The molecule has 5 nitrogen and oxygen atoms in total. The molecule has 0 bridgehead atoms. The third-order valence-electron chi connectivity index (χ3n) is 5.36. The summed E-state index contributed by atoms with van der Waals surface area (Å²) in [5.41, 5.74) is -0.741. The van der Waals surface area contributed by atoms with Crippen LogP contribution in [0.4, 0.5) is 0 Å². The molecule has 5 heteroatoms. The lowest BCUT2D eigenvalue weighted by atomic mass is 9.87. The molecule has 0 saturated heterocycles. The van der Waals surface area contributed by atoms with Crippen LogP contribution in [0.3, 0.4) is 0 Å². The van der Waals surface area contributed by atoms with Gasteiger partial charge in [-0.2, -0.15) is 0 Å². The maximum Gasteiger partial charge on any atom is 0.139 e. The van der Waals surface area contributed by atoms with E-state index in [4.69, 9.17) is 0 Å². The van der Waals surface area contributed by atoms with Gasteiger partial charge in [0, 0.05) is 24.2 Å². The van der Waals surface area contributed by atoms with Crippen molar-refractivity contribution in [3.05, 3.63) is 12.2 Å². The van der Waals surface area contributed by atoms with Crippen molar-refractivity contribution in [3.8, 4) is 0 Å². The van der Waals surface area contributed by atoms with Crippen molar-refractivity contribution in [3.63, 3.8) is 0 Å². The number of carboxylic acid groups (broad SMARTS) is 1. The van der Waals surface area contributed by atoms with Crippen LogP contribution in [0, 0.1) is 11.8 Å². The number of carbonyl (C=O) groups excluding carboxylic acids is 2. The molecular formula is C21H35O5-. The smallest absolute Gasteiger partial charge is 0.139 e. The molecule has 0 spiro atoms. The lowest BCUT2D eigenvalue weighted by Crippen LogP contribution is -2.23. The van der Waals surface area contributed by atoms with Crippen molar-refractivity contribution in [2.45, 2.75) is 96.2 Å². The molecule has 2 unspecified atom stereocenters. The molecule has 1 saturated carbocycles. The average Bonchev–Trinajstić information content (AvgIpc) is 2.82. The van der Waals surface area contributed by atoms with Crippen molar-refractivity contribution in [1.29, 1.82) is 0 Å². The van der Waals surface area contributed by atoms with Crippen LogP contribution in [0.1, 0.15) is 84.5 Å². The van der Waals surface area contributed by atoms with E-state index in [0.717, 1.165) is 44.9 Å². The van der Waals surface area contributed by atoms with Crippen LogP contribution < -0.4 is 5.11 Å². The molecule has 26 heavy (non-hydrogen) atoms. The molecule has 0 aromatic rings. The van der Waals surface area contributed by atoms with Gasteiger partial charge in [-0.3, -0.25) is 4.79 Å². The molecule has 150 valence electrons. The predicted octanol–water partition coefficient (Wildman–Crippen LogP) is 2.53. The highest BCUT2D eigenvalue weighted by Gasteiger charge is 2.39. The van der Waals surface area contributed by atoms with E-state index in [1.54, 1.807) is 0 Å². The zero-order valence-corrected chi connectivity index (χ0v) is 16.3. The summed E-state index contributed by atoms with van der Waals surface area (Å²) in [7, 11) is 0. The van der Waals surface area contributed by atoms with Crippen molar-refractivity contribution < 1.29 is 24.9 Å². The van der Waals surface area contributed by atoms with Crippen molar-refractivity contribution in [1.82, 2.24) is 0 Å². The number of unbranched alkanes of at least 4 members (excludes halogenated alkanes) is 4. The lowest BCUT2D eigenvalue weighted by Gasteiger charge is -2.22. The molecule has 1 aliphatic rings.